The van der Waals surface area contributed by atoms with Gasteiger partial charge in [0.1, 0.15) is 23.7 Å². The van der Waals surface area contributed by atoms with Gasteiger partial charge in [-0.25, -0.2) is 4.79 Å². The second-order valence-electron chi connectivity index (χ2n) is 12.4. The van der Waals surface area contributed by atoms with Crippen LogP contribution in [0.15, 0.2) is 24.3 Å². The average molecular weight is 587 g/mol. The van der Waals surface area contributed by atoms with E-state index in [1.54, 1.807) is 20.8 Å². The van der Waals surface area contributed by atoms with Crippen molar-refractivity contribution in [2.45, 2.75) is 109 Å². The van der Waals surface area contributed by atoms with Crippen LogP contribution >= 0.6 is 0 Å². The molecule has 0 saturated carbocycles. The van der Waals surface area contributed by atoms with Crippen LogP contribution in [-0.4, -0.2) is 77.5 Å². The van der Waals surface area contributed by atoms with Gasteiger partial charge < -0.3 is 36.6 Å². The maximum Gasteiger partial charge on any atom is 0.408 e. The summed E-state index contributed by atoms with van der Waals surface area (Å²) in [7, 11) is 0. The van der Waals surface area contributed by atoms with Crippen molar-refractivity contribution in [3.63, 3.8) is 0 Å². The highest BCUT2D eigenvalue weighted by Gasteiger charge is 2.44. The number of nitrogens with two attached hydrogens (primary N) is 1. The van der Waals surface area contributed by atoms with E-state index < -0.39 is 53.4 Å². The van der Waals surface area contributed by atoms with Crippen LogP contribution in [0.5, 0.6) is 0 Å². The molecule has 6 N–H and O–H groups in total. The maximum atomic E-state index is 13.7. The van der Waals surface area contributed by atoms with Crippen molar-refractivity contribution >= 4 is 29.7 Å². The third kappa shape index (κ3) is 9.43. The second-order valence-corrected chi connectivity index (χ2v) is 12.4. The van der Waals surface area contributed by atoms with Crippen LogP contribution in [0.4, 0.5) is 4.79 Å². The normalized spacial score (nSPS) is 21.5. The first kappa shape index (κ1) is 32.8. The van der Waals surface area contributed by atoms with Crippen LogP contribution in [-0.2, 0) is 30.5 Å². The Balaban J connectivity index is 1.70. The first-order chi connectivity index (χ1) is 19.7. The molecule has 2 fully saturated rings. The van der Waals surface area contributed by atoms with Crippen molar-refractivity contribution < 1.29 is 28.7 Å². The predicted octanol–water partition coefficient (Wildman–Crippen LogP) is 1.42. The minimum Gasteiger partial charge on any atom is -0.444 e. The van der Waals surface area contributed by atoms with Crippen molar-refractivity contribution in [2.24, 2.45) is 5.73 Å². The number of rotatable bonds is 10. The standard InChI is InChI=1S/C30H46N6O6/c1-18(2)20-8-6-19(7-9-20)16-33-26(38)22(11-13-25(31)37)34-27(39)24-12-10-21-14-15-32-17-23(28(40)36(21)24)35-29(41)42-30(3,4)5/h6-9,18,21-24,32H,10-17H2,1-5H3,(H2,31,37)(H,33,38)(H,34,39)(H,35,41)/t21-,22?,23+,24+/m1/s1. The minimum absolute atomic E-state index is 0.0238. The molecule has 2 aliphatic heterocycles. The number of amides is 5. The molecule has 0 bridgehead atoms. The smallest absolute Gasteiger partial charge is 0.408 e. The van der Waals surface area contributed by atoms with Gasteiger partial charge in [0.25, 0.3) is 0 Å². The molecular formula is C30H46N6O6. The van der Waals surface area contributed by atoms with Gasteiger partial charge in [0.2, 0.25) is 23.6 Å². The van der Waals surface area contributed by atoms with E-state index in [1.807, 2.05) is 24.3 Å². The number of ether oxygens (including phenoxy) is 1. The molecule has 12 heteroatoms. The van der Waals surface area contributed by atoms with Gasteiger partial charge in [-0.05, 0) is 70.0 Å². The predicted molar refractivity (Wildman–Crippen MR) is 157 cm³/mol. The van der Waals surface area contributed by atoms with Crippen molar-refractivity contribution in [1.29, 1.82) is 0 Å². The number of hydrogen-bond donors (Lipinski definition) is 5. The van der Waals surface area contributed by atoms with Gasteiger partial charge in [-0.15, -0.1) is 0 Å². The lowest BCUT2D eigenvalue weighted by Gasteiger charge is -2.36. The highest BCUT2D eigenvalue weighted by Crippen LogP contribution is 2.28. The number of nitrogens with zero attached hydrogens (tertiary/aromatic N) is 1. The maximum absolute atomic E-state index is 13.7. The lowest BCUT2D eigenvalue weighted by molar-refractivity contribution is -0.143. The molecule has 1 unspecified atom stereocenters. The van der Waals surface area contributed by atoms with Crippen LogP contribution in [0, 0.1) is 0 Å². The number of benzene rings is 1. The van der Waals surface area contributed by atoms with E-state index in [-0.39, 0.29) is 32.0 Å². The van der Waals surface area contributed by atoms with E-state index in [2.05, 4.69) is 35.1 Å². The van der Waals surface area contributed by atoms with Crippen LogP contribution < -0.4 is 27.0 Å². The first-order valence-corrected chi connectivity index (χ1v) is 14.7. The summed E-state index contributed by atoms with van der Waals surface area (Å²) in [6.45, 7) is 10.4. The summed E-state index contributed by atoms with van der Waals surface area (Å²) < 4.78 is 5.33. The molecule has 1 aromatic rings. The number of hydrogen-bond acceptors (Lipinski definition) is 7. The molecule has 0 radical (unpaired) electrons. The van der Waals surface area contributed by atoms with Crippen LogP contribution in [0.3, 0.4) is 0 Å². The number of alkyl carbamates (subject to hydrolysis) is 1. The topological polar surface area (TPSA) is 172 Å². The zero-order valence-corrected chi connectivity index (χ0v) is 25.3. The molecule has 2 aliphatic rings. The Morgan fingerprint density at radius 3 is 2.40 bits per heavy atom. The number of primary amides is 1. The number of carbonyl (C=O) groups is 5. The Morgan fingerprint density at radius 2 is 1.79 bits per heavy atom. The van der Waals surface area contributed by atoms with Crippen molar-refractivity contribution in [3.05, 3.63) is 35.4 Å². The number of nitrogens with one attached hydrogen (secondary N) is 4. The highest BCUT2D eigenvalue weighted by molar-refractivity contribution is 5.94. The second kappa shape index (κ2) is 14.5. The van der Waals surface area contributed by atoms with Gasteiger partial charge in [0.05, 0.1) is 0 Å². The van der Waals surface area contributed by atoms with Crippen molar-refractivity contribution in [2.75, 3.05) is 13.1 Å². The van der Waals surface area contributed by atoms with Gasteiger partial charge in [-0.1, -0.05) is 38.1 Å². The summed E-state index contributed by atoms with van der Waals surface area (Å²) in [6.07, 6.45) is 0.877. The minimum atomic E-state index is -1.01. The number of fused-ring (bicyclic) bond motifs is 1. The molecule has 42 heavy (non-hydrogen) atoms. The number of carbonyl (C=O) groups excluding carboxylic acids is 5. The zero-order chi connectivity index (χ0) is 31.0. The van der Waals surface area contributed by atoms with E-state index in [1.165, 1.54) is 10.5 Å². The zero-order valence-electron chi connectivity index (χ0n) is 25.3. The highest BCUT2D eigenvalue weighted by atomic mass is 16.6. The summed E-state index contributed by atoms with van der Waals surface area (Å²) in [4.78, 5) is 65.9. The molecule has 2 saturated heterocycles. The van der Waals surface area contributed by atoms with Gasteiger partial charge in [-0.3, -0.25) is 19.2 Å². The Hall–Kier alpha value is -3.67. The SMILES string of the molecule is CC(C)c1ccc(CNC(=O)C(CCC(N)=O)NC(=O)[C@@H]2CC[C@@H]3CCNC[C@H](NC(=O)OC(C)(C)C)C(=O)N32)cc1. The van der Waals surface area contributed by atoms with E-state index in [4.69, 9.17) is 10.5 Å². The third-order valence-corrected chi connectivity index (χ3v) is 7.48. The third-order valence-electron chi connectivity index (χ3n) is 7.48. The largest absolute Gasteiger partial charge is 0.444 e. The molecule has 232 valence electrons. The van der Waals surface area contributed by atoms with Gasteiger partial charge >= 0.3 is 6.09 Å². The fourth-order valence-corrected chi connectivity index (χ4v) is 5.26. The van der Waals surface area contributed by atoms with E-state index in [0.29, 0.717) is 31.7 Å². The molecule has 5 amide bonds. The fourth-order valence-electron chi connectivity index (χ4n) is 5.26. The molecule has 2 heterocycles. The van der Waals surface area contributed by atoms with Gasteiger partial charge in [0.15, 0.2) is 0 Å². The summed E-state index contributed by atoms with van der Waals surface area (Å²) in [5, 5.41) is 11.4. The van der Waals surface area contributed by atoms with Crippen molar-refractivity contribution in [3.8, 4) is 0 Å². The summed E-state index contributed by atoms with van der Waals surface area (Å²) in [5.41, 5.74) is 6.69. The van der Waals surface area contributed by atoms with E-state index >= 15 is 0 Å². The lowest BCUT2D eigenvalue weighted by Crippen LogP contribution is -2.61. The monoisotopic (exact) mass is 586 g/mol. The summed E-state index contributed by atoms with van der Waals surface area (Å²) >= 11 is 0. The molecular weight excluding hydrogens is 540 g/mol. The van der Waals surface area contributed by atoms with Crippen LogP contribution in [0.25, 0.3) is 0 Å². The molecule has 3 rings (SSSR count). The molecule has 0 spiro atoms. The molecule has 4 atom stereocenters. The van der Waals surface area contributed by atoms with Crippen LogP contribution in [0.2, 0.25) is 0 Å². The molecule has 0 aromatic heterocycles. The average Bonchev–Trinajstić information content (AvgIpc) is 3.32. The van der Waals surface area contributed by atoms with Crippen molar-refractivity contribution in [1.82, 2.24) is 26.2 Å². The lowest BCUT2D eigenvalue weighted by atomic mass is 10.0. The Bertz CT molecular complexity index is 1130. The van der Waals surface area contributed by atoms with E-state index in [0.717, 1.165) is 5.56 Å². The van der Waals surface area contributed by atoms with Crippen LogP contribution in [0.1, 0.15) is 83.8 Å². The molecule has 12 nitrogen and oxygen atoms in total. The Morgan fingerprint density at radius 1 is 1.10 bits per heavy atom. The first-order valence-electron chi connectivity index (χ1n) is 14.7. The molecule has 0 aliphatic carbocycles. The Kier molecular flexibility index (Phi) is 11.3. The van der Waals surface area contributed by atoms with Gasteiger partial charge in [-0.2, -0.15) is 0 Å². The fraction of sp³-hybridized carbons (Fsp3) is 0.633. The summed E-state index contributed by atoms with van der Waals surface area (Å²) in [5.74, 6) is -1.52. The van der Waals surface area contributed by atoms with Gasteiger partial charge in [0, 0.05) is 25.6 Å². The quantitative estimate of drug-likeness (QED) is 0.276. The molecule has 1 aromatic carbocycles. The summed E-state index contributed by atoms with van der Waals surface area (Å²) in [6, 6.07) is 4.94. The van der Waals surface area contributed by atoms with E-state index in [9.17, 15) is 24.0 Å². The Labute approximate surface area is 247 Å².